The number of aliphatic hydroxyl groups excluding tert-OH is 1. The van der Waals surface area contributed by atoms with Gasteiger partial charge in [-0.3, -0.25) is 14.6 Å². The van der Waals surface area contributed by atoms with Crippen LogP contribution in [-0.4, -0.2) is 44.1 Å². The molecule has 2 atom stereocenters. The van der Waals surface area contributed by atoms with E-state index < -0.39 is 6.23 Å². The lowest BCUT2D eigenvalue weighted by Gasteiger charge is -2.35. The highest BCUT2D eigenvalue weighted by Gasteiger charge is 2.28. The van der Waals surface area contributed by atoms with Gasteiger partial charge in [-0.05, 0) is 55.3 Å². The Labute approximate surface area is 198 Å². The number of rotatable bonds is 6. The van der Waals surface area contributed by atoms with Gasteiger partial charge in [-0.15, -0.1) is 0 Å². The molecule has 0 amide bonds. The summed E-state index contributed by atoms with van der Waals surface area (Å²) in [4.78, 5) is 6.28. The van der Waals surface area contributed by atoms with Crippen LogP contribution in [0.3, 0.4) is 0 Å². The average Bonchev–Trinajstić information content (AvgIpc) is 3.29. The third kappa shape index (κ3) is 4.17. The van der Waals surface area contributed by atoms with E-state index in [-0.39, 0.29) is 6.04 Å². The van der Waals surface area contributed by atoms with E-state index in [0.717, 1.165) is 53.0 Å². The number of aliphatic hydroxyl groups is 1. The molecule has 5 rings (SSSR count). The van der Waals surface area contributed by atoms with Gasteiger partial charge in [0.2, 0.25) is 0 Å². The molecule has 7 heteroatoms. The topological polar surface area (TPSA) is 87.2 Å². The van der Waals surface area contributed by atoms with E-state index in [1.807, 2.05) is 64.2 Å². The zero-order chi connectivity index (χ0) is 23.5. The van der Waals surface area contributed by atoms with Gasteiger partial charge < -0.3 is 9.84 Å². The van der Waals surface area contributed by atoms with Gasteiger partial charge in [0, 0.05) is 36.4 Å². The molecule has 0 aliphatic carbocycles. The number of aromatic nitrogens is 3. The van der Waals surface area contributed by atoms with Gasteiger partial charge >= 0.3 is 0 Å². The molecule has 2 aromatic heterocycles. The predicted octanol–water partition coefficient (Wildman–Crippen LogP) is 4.90. The maximum atomic E-state index is 10.3. The van der Waals surface area contributed by atoms with E-state index in [9.17, 15) is 10.4 Å². The number of hydrogen-bond donors (Lipinski definition) is 1. The first-order valence-corrected chi connectivity index (χ1v) is 11.3. The second-order valence-electron chi connectivity index (χ2n) is 8.37. The highest BCUT2D eigenvalue weighted by Crippen LogP contribution is 2.35. The molecule has 1 N–H and O–H groups in total. The van der Waals surface area contributed by atoms with Crippen molar-refractivity contribution in [2.45, 2.75) is 25.1 Å². The van der Waals surface area contributed by atoms with Crippen molar-refractivity contribution in [1.29, 1.82) is 5.26 Å². The Hall–Kier alpha value is -3.99. The van der Waals surface area contributed by atoms with Crippen LogP contribution in [0.1, 0.15) is 24.4 Å². The van der Waals surface area contributed by atoms with E-state index in [2.05, 4.69) is 17.6 Å². The second kappa shape index (κ2) is 9.48. The van der Waals surface area contributed by atoms with Gasteiger partial charge in [-0.25, -0.2) is 0 Å². The van der Waals surface area contributed by atoms with Crippen molar-refractivity contribution >= 4 is 10.9 Å². The largest absolute Gasteiger partial charge is 0.457 e. The highest BCUT2D eigenvalue weighted by molar-refractivity contribution is 5.95. The van der Waals surface area contributed by atoms with Crippen molar-refractivity contribution in [3.8, 4) is 28.8 Å². The summed E-state index contributed by atoms with van der Waals surface area (Å²) in [7, 11) is 0. The summed E-state index contributed by atoms with van der Waals surface area (Å²) in [6, 6.07) is 19.7. The second-order valence-corrected chi connectivity index (χ2v) is 8.37. The summed E-state index contributed by atoms with van der Waals surface area (Å²) in [5, 5.41) is 25.9. The molecule has 0 radical (unpaired) electrons. The molecule has 1 saturated heterocycles. The Morgan fingerprint density at radius 1 is 1.12 bits per heavy atom. The van der Waals surface area contributed by atoms with Crippen molar-refractivity contribution in [3.05, 3.63) is 85.2 Å². The van der Waals surface area contributed by atoms with Gasteiger partial charge in [0.15, 0.2) is 0 Å². The first kappa shape index (κ1) is 21.8. The zero-order valence-electron chi connectivity index (χ0n) is 18.7. The molecule has 1 aliphatic rings. The van der Waals surface area contributed by atoms with E-state index >= 15 is 0 Å². The minimum Gasteiger partial charge on any atom is -0.457 e. The van der Waals surface area contributed by atoms with Gasteiger partial charge in [0.25, 0.3) is 0 Å². The Kier molecular flexibility index (Phi) is 6.09. The highest BCUT2D eigenvalue weighted by atomic mass is 16.5. The van der Waals surface area contributed by atoms with Crippen LogP contribution in [0.15, 0.2) is 79.6 Å². The number of hydrogen-bond acceptors (Lipinski definition) is 6. The SMILES string of the molecule is C=CC(O)N1CCC[C@@H](n2nc(-c3ccc(Oc4ccccc4)cc3)c3cncc(C#N)c32)C1. The van der Waals surface area contributed by atoms with Crippen molar-refractivity contribution in [2.75, 3.05) is 13.1 Å². The fraction of sp³-hybridized carbons (Fsp3) is 0.222. The molecule has 170 valence electrons. The summed E-state index contributed by atoms with van der Waals surface area (Å²) < 4.78 is 7.87. The summed E-state index contributed by atoms with van der Waals surface area (Å²) in [5.74, 6) is 1.51. The molecule has 0 bridgehead atoms. The molecule has 0 saturated carbocycles. The monoisotopic (exact) mass is 451 g/mol. The molecular formula is C27H25N5O2. The number of nitrogens with zero attached hydrogens (tertiary/aromatic N) is 5. The van der Waals surface area contributed by atoms with E-state index in [4.69, 9.17) is 9.84 Å². The maximum absolute atomic E-state index is 10.3. The maximum Gasteiger partial charge on any atom is 0.127 e. The number of pyridine rings is 1. The molecule has 7 nitrogen and oxygen atoms in total. The van der Waals surface area contributed by atoms with E-state index in [1.54, 1.807) is 18.5 Å². The standard InChI is InChI=1S/C27H25N5O2/c1-2-25(33)31-14-6-7-21(18-31)32-27-20(15-28)16-29-17-24(27)26(30-32)19-10-12-23(13-11-19)34-22-8-4-3-5-9-22/h2-5,8-13,16-17,21,25,33H,1,6-7,14,18H2/t21-,25?/m1/s1. The lowest BCUT2D eigenvalue weighted by Crippen LogP contribution is -2.42. The fourth-order valence-corrected chi connectivity index (χ4v) is 4.52. The summed E-state index contributed by atoms with van der Waals surface area (Å²) >= 11 is 0. The lowest BCUT2D eigenvalue weighted by atomic mass is 10.0. The van der Waals surface area contributed by atoms with Crippen LogP contribution in [0.4, 0.5) is 0 Å². The molecule has 0 spiro atoms. The Balaban J connectivity index is 1.52. The van der Waals surface area contributed by atoms with Crippen LogP contribution >= 0.6 is 0 Å². The molecule has 4 aromatic rings. The molecule has 1 unspecified atom stereocenters. The van der Waals surface area contributed by atoms with Gasteiger partial charge in [-0.2, -0.15) is 10.4 Å². The third-order valence-electron chi connectivity index (χ3n) is 6.20. The van der Waals surface area contributed by atoms with Crippen LogP contribution in [0, 0.1) is 11.3 Å². The minimum absolute atomic E-state index is 0.0230. The Morgan fingerprint density at radius 3 is 2.62 bits per heavy atom. The van der Waals surface area contributed by atoms with Crippen LogP contribution in [-0.2, 0) is 0 Å². The van der Waals surface area contributed by atoms with Crippen LogP contribution in [0.2, 0.25) is 0 Å². The third-order valence-corrected chi connectivity index (χ3v) is 6.20. The van der Waals surface area contributed by atoms with E-state index in [0.29, 0.717) is 12.1 Å². The zero-order valence-corrected chi connectivity index (χ0v) is 18.7. The smallest absolute Gasteiger partial charge is 0.127 e. The molecule has 34 heavy (non-hydrogen) atoms. The van der Waals surface area contributed by atoms with Crippen molar-refractivity contribution < 1.29 is 9.84 Å². The Morgan fingerprint density at radius 2 is 1.88 bits per heavy atom. The lowest BCUT2D eigenvalue weighted by molar-refractivity contribution is 0.0127. The first-order valence-electron chi connectivity index (χ1n) is 11.3. The number of fused-ring (bicyclic) bond motifs is 1. The molecule has 2 aromatic carbocycles. The number of para-hydroxylation sites is 1. The average molecular weight is 452 g/mol. The summed E-state index contributed by atoms with van der Waals surface area (Å²) in [6.45, 7) is 5.13. The van der Waals surface area contributed by atoms with Gasteiger partial charge in [0.05, 0.1) is 17.1 Å². The molecule has 1 fully saturated rings. The van der Waals surface area contributed by atoms with Gasteiger partial charge in [0.1, 0.15) is 29.5 Å². The number of benzene rings is 2. The molecule has 1 aliphatic heterocycles. The van der Waals surface area contributed by atoms with Crippen LogP contribution < -0.4 is 4.74 Å². The quantitative estimate of drug-likeness (QED) is 0.420. The van der Waals surface area contributed by atoms with Crippen molar-refractivity contribution in [3.63, 3.8) is 0 Å². The number of likely N-dealkylation sites (tertiary alicyclic amines) is 1. The summed E-state index contributed by atoms with van der Waals surface area (Å²) in [6.07, 6.45) is 6.03. The van der Waals surface area contributed by atoms with Crippen molar-refractivity contribution in [2.24, 2.45) is 0 Å². The first-order chi connectivity index (χ1) is 16.7. The van der Waals surface area contributed by atoms with Crippen LogP contribution in [0.25, 0.3) is 22.2 Å². The van der Waals surface area contributed by atoms with Crippen molar-refractivity contribution in [1.82, 2.24) is 19.7 Å². The number of piperidine rings is 1. The number of ether oxygens (including phenoxy) is 1. The summed E-state index contributed by atoms with van der Waals surface area (Å²) in [5.41, 5.74) is 2.95. The molecule has 3 heterocycles. The predicted molar refractivity (Wildman–Crippen MR) is 130 cm³/mol. The molecular weight excluding hydrogens is 426 g/mol. The van der Waals surface area contributed by atoms with E-state index in [1.165, 1.54) is 0 Å². The van der Waals surface area contributed by atoms with Gasteiger partial charge in [-0.1, -0.05) is 24.8 Å². The number of nitriles is 1. The normalized spacial score (nSPS) is 17.2. The Bertz CT molecular complexity index is 1340. The van der Waals surface area contributed by atoms with Crippen LogP contribution in [0.5, 0.6) is 11.5 Å². The minimum atomic E-state index is -0.696. The fourth-order valence-electron chi connectivity index (χ4n) is 4.52.